The average Bonchev–Trinajstić information content (AvgIpc) is 2.94. The van der Waals surface area contributed by atoms with Crippen molar-refractivity contribution >= 4 is 0 Å². The van der Waals surface area contributed by atoms with Crippen molar-refractivity contribution in [2.45, 2.75) is 0 Å². The fourth-order valence-electron chi connectivity index (χ4n) is 0.642. The van der Waals surface area contributed by atoms with Gasteiger partial charge >= 0.3 is 0 Å². The Morgan fingerprint density at radius 1 is 1.00 bits per heavy atom. The van der Waals surface area contributed by atoms with Crippen LogP contribution in [0.3, 0.4) is 0 Å². The average molecular weight is 233 g/mol. The molecule has 0 aliphatic heterocycles. The van der Waals surface area contributed by atoms with Crippen LogP contribution in [0.25, 0.3) is 0 Å². The predicted molar refractivity (Wildman–Crippen MR) is 62.0 cm³/mol. The minimum Gasteiger partial charge on any atom is -0.748 e. The normalized spacial score (nSPS) is 6.67. The summed E-state index contributed by atoms with van der Waals surface area (Å²) in [6.07, 6.45) is 4.65. The van der Waals surface area contributed by atoms with E-state index in [1.165, 1.54) is 0 Å². The molecule has 15 heavy (non-hydrogen) atoms. The van der Waals surface area contributed by atoms with Gasteiger partial charge in [0.15, 0.2) is 0 Å². The third kappa shape index (κ3) is 15.7. The minimum absolute atomic E-state index is 0. The fourth-order valence-corrected chi connectivity index (χ4v) is 0.642. The molecule has 0 fully saturated rings. The quantitative estimate of drug-likeness (QED) is 0.422. The second kappa shape index (κ2) is 15.4. The zero-order valence-corrected chi connectivity index (χ0v) is 10.2. The topological polar surface area (TPSA) is 26.0 Å². The Hall–Kier alpha value is -1.07. The van der Waals surface area contributed by atoms with Crippen LogP contribution in [0.5, 0.6) is 0 Å². The van der Waals surface area contributed by atoms with E-state index in [2.05, 4.69) is 12.3 Å². The van der Waals surface area contributed by atoms with Crippen LogP contribution in [0, 0.1) is 12.3 Å². The summed E-state index contributed by atoms with van der Waals surface area (Å²) < 4.78 is 0. The van der Waals surface area contributed by atoms with Crippen molar-refractivity contribution in [1.29, 1.82) is 0 Å². The van der Waals surface area contributed by atoms with Crippen molar-refractivity contribution in [3.63, 3.8) is 0 Å². The Balaban J connectivity index is 0. The smallest absolute Gasteiger partial charge is 0.0548 e. The zero-order chi connectivity index (χ0) is 10.5. The summed E-state index contributed by atoms with van der Waals surface area (Å²) in [4.78, 5) is 0. The van der Waals surface area contributed by atoms with Crippen molar-refractivity contribution in [2.24, 2.45) is 5.73 Å². The van der Waals surface area contributed by atoms with E-state index in [0.717, 1.165) is 0 Å². The second-order valence-electron chi connectivity index (χ2n) is 2.33. The molecule has 2 heteroatoms. The second-order valence-corrected chi connectivity index (χ2v) is 2.33. The first-order valence-electron chi connectivity index (χ1n) is 4.38. The van der Waals surface area contributed by atoms with Gasteiger partial charge in [0.1, 0.15) is 0 Å². The van der Waals surface area contributed by atoms with Crippen LogP contribution in [0.2, 0.25) is 0 Å². The van der Waals surface area contributed by atoms with Gasteiger partial charge in [0.2, 0.25) is 0 Å². The van der Waals surface area contributed by atoms with Gasteiger partial charge in [-0.1, -0.05) is 5.92 Å². The largest absolute Gasteiger partial charge is 0.748 e. The first-order chi connectivity index (χ1) is 6.91. The van der Waals surface area contributed by atoms with Gasteiger partial charge in [-0.2, -0.15) is 18.2 Å². The summed E-state index contributed by atoms with van der Waals surface area (Å²) in [6.45, 7) is 0.347. The summed E-state index contributed by atoms with van der Waals surface area (Å²) in [5.41, 5.74) is 4.79. The molecule has 0 spiro atoms. The number of nitrogens with two attached hydrogens (primary N) is 1. The molecule has 0 atom stereocenters. The molecule has 0 aliphatic carbocycles. The standard InChI is InChI=1S/2C5H5.C3H5N.Ti/c2*1-2-4-5-3-1;1-2-3-4;/h2*1-5H;1H,3-4H2;/q-5;-1;;. The van der Waals surface area contributed by atoms with Crippen LogP contribution in [0.1, 0.15) is 0 Å². The molecule has 2 aromatic carbocycles. The Labute approximate surface area is 107 Å². The van der Waals surface area contributed by atoms with Crippen LogP contribution in [0.4, 0.5) is 0 Å². The molecule has 2 N–H and O–H groups in total. The van der Waals surface area contributed by atoms with E-state index >= 15 is 0 Å². The molecule has 1 nitrogen and oxygen atoms in total. The predicted octanol–water partition coefficient (Wildman–Crippen LogP) is 2.39. The van der Waals surface area contributed by atoms with Crippen molar-refractivity contribution in [1.82, 2.24) is 0 Å². The van der Waals surface area contributed by atoms with Gasteiger partial charge in [0, 0.05) is 21.7 Å². The maximum Gasteiger partial charge on any atom is 0.0548 e. The molecule has 0 bridgehead atoms. The van der Waals surface area contributed by atoms with Crippen LogP contribution < -0.4 is 5.73 Å². The Bertz CT molecular complexity index is 229. The van der Waals surface area contributed by atoms with Gasteiger partial charge in [-0.25, -0.2) is 12.1 Å². The van der Waals surface area contributed by atoms with Crippen molar-refractivity contribution in [2.75, 3.05) is 6.54 Å². The number of hydrogen-bond donors (Lipinski definition) is 1. The van der Waals surface area contributed by atoms with Gasteiger partial charge in [0.25, 0.3) is 0 Å². The van der Waals surface area contributed by atoms with Crippen molar-refractivity contribution in [3.05, 3.63) is 60.7 Å². The molecular formula is C13H15NTi-6. The van der Waals surface area contributed by atoms with E-state index in [-0.39, 0.29) is 21.7 Å². The first-order valence-corrected chi connectivity index (χ1v) is 4.38. The third-order valence-electron chi connectivity index (χ3n) is 1.23. The summed E-state index contributed by atoms with van der Waals surface area (Å²) in [5, 5.41) is 0. The summed E-state index contributed by atoms with van der Waals surface area (Å²) in [5.74, 6) is 2.21. The summed E-state index contributed by atoms with van der Waals surface area (Å²) in [6, 6.07) is 20.0. The third-order valence-corrected chi connectivity index (χ3v) is 1.23. The maximum atomic E-state index is 4.79. The Morgan fingerprint density at radius 2 is 1.33 bits per heavy atom. The fraction of sp³-hybridized carbons (Fsp3) is 0.0769. The molecule has 0 heterocycles. The number of rotatable bonds is 0. The molecule has 0 amide bonds. The monoisotopic (exact) mass is 233 g/mol. The SMILES string of the molecule is C#CCN.[Ti].[cH-]1[cH-][cH-][cH-][cH-]1.c1cc[cH-]c1. The molecule has 0 unspecified atom stereocenters. The van der Waals surface area contributed by atoms with Crippen molar-refractivity contribution < 1.29 is 21.7 Å². The number of hydrogen-bond acceptors (Lipinski definition) is 1. The molecule has 0 aromatic heterocycles. The molecule has 0 saturated heterocycles. The Morgan fingerprint density at radius 3 is 1.47 bits per heavy atom. The molecular weight excluding hydrogens is 218 g/mol. The molecule has 0 saturated carbocycles. The Kier molecular flexibility index (Phi) is 16.8. The van der Waals surface area contributed by atoms with Crippen molar-refractivity contribution in [3.8, 4) is 12.3 Å². The molecule has 0 aliphatic rings. The zero-order valence-electron chi connectivity index (χ0n) is 8.64. The van der Waals surface area contributed by atoms with Gasteiger partial charge in [-0.05, 0) is 0 Å². The molecule has 82 valence electrons. The molecule has 2 aromatic rings. The van der Waals surface area contributed by atoms with Crippen LogP contribution in [0.15, 0.2) is 60.7 Å². The van der Waals surface area contributed by atoms with E-state index in [0.29, 0.717) is 6.54 Å². The van der Waals surface area contributed by atoms with Crippen LogP contribution >= 0.6 is 0 Å². The van der Waals surface area contributed by atoms with E-state index < -0.39 is 0 Å². The number of terminal acetylenes is 1. The maximum absolute atomic E-state index is 4.79. The van der Waals surface area contributed by atoms with Gasteiger partial charge in [0.05, 0.1) is 6.54 Å². The first kappa shape index (κ1) is 16.4. The van der Waals surface area contributed by atoms with Crippen LogP contribution in [-0.4, -0.2) is 6.54 Å². The van der Waals surface area contributed by atoms with Gasteiger partial charge in [-0.3, -0.25) is 0 Å². The summed E-state index contributed by atoms with van der Waals surface area (Å²) >= 11 is 0. The summed E-state index contributed by atoms with van der Waals surface area (Å²) in [7, 11) is 0. The van der Waals surface area contributed by atoms with E-state index in [4.69, 9.17) is 5.73 Å². The van der Waals surface area contributed by atoms with E-state index in [1.54, 1.807) is 0 Å². The van der Waals surface area contributed by atoms with Gasteiger partial charge in [-0.15, -0.1) is 6.42 Å². The minimum atomic E-state index is 0. The van der Waals surface area contributed by atoms with E-state index in [9.17, 15) is 0 Å². The van der Waals surface area contributed by atoms with Gasteiger partial charge < -0.3 is 36.1 Å². The van der Waals surface area contributed by atoms with E-state index in [1.807, 2.05) is 60.7 Å². The molecule has 0 radical (unpaired) electrons. The van der Waals surface area contributed by atoms with Crippen LogP contribution in [-0.2, 0) is 21.7 Å². The molecule has 2 rings (SSSR count).